The molecule has 0 aromatic heterocycles. The van der Waals surface area contributed by atoms with E-state index in [0.717, 1.165) is 4.31 Å². The molecule has 0 aliphatic heterocycles. The van der Waals surface area contributed by atoms with Gasteiger partial charge in [0.25, 0.3) is 0 Å². The quantitative estimate of drug-likeness (QED) is 0.607. The third-order valence-electron chi connectivity index (χ3n) is 2.55. The summed E-state index contributed by atoms with van der Waals surface area (Å²) in [6.45, 7) is 4.70. The van der Waals surface area contributed by atoms with Crippen molar-refractivity contribution in [3.63, 3.8) is 0 Å². The molecular formula is C13H22N2O4S. The van der Waals surface area contributed by atoms with E-state index in [9.17, 15) is 8.42 Å². The lowest BCUT2D eigenvalue weighted by molar-refractivity contribution is 0.0554. The van der Waals surface area contributed by atoms with Crippen LogP contribution in [0.3, 0.4) is 0 Å². The number of nitrogens with zero attached hydrogens (tertiary/aromatic N) is 1. The molecule has 1 aromatic carbocycles. The zero-order valence-corrected chi connectivity index (χ0v) is 13.1. The van der Waals surface area contributed by atoms with Gasteiger partial charge in [0.05, 0.1) is 23.3 Å². The normalized spacial score (nSPS) is 12.1. The van der Waals surface area contributed by atoms with Crippen molar-refractivity contribution < 1.29 is 17.9 Å². The molecule has 0 aliphatic rings. The molecule has 20 heavy (non-hydrogen) atoms. The molecule has 0 atom stereocenters. The van der Waals surface area contributed by atoms with Gasteiger partial charge in [0.2, 0.25) is 10.0 Å². The van der Waals surface area contributed by atoms with Crippen LogP contribution < -0.4 is 10.5 Å². The number of nitrogens with two attached hydrogens (primary N) is 1. The summed E-state index contributed by atoms with van der Waals surface area (Å²) in [4.78, 5) is 0.144. The summed E-state index contributed by atoms with van der Waals surface area (Å²) in [7, 11) is -0.537. The fourth-order valence-electron chi connectivity index (χ4n) is 1.46. The highest BCUT2D eigenvalue weighted by Gasteiger charge is 2.18. The lowest BCUT2D eigenvalue weighted by atomic mass is 10.3. The lowest BCUT2D eigenvalue weighted by Crippen LogP contribution is -2.22. The van der Waals surface area contributed by atoms with E-state index < -0.39 is 10.0 Å². The van der Waals surface area contributed by atoms with Gasteiger partial charge in [-0.25, -0.2) is 12.7 Å². The summed E-state index contributed by atoms with van der Waals surface area (Å²) in [5.74, 6) is 0.454. The van der Waals surface area contributed by atoms with E-state index in [4.69, 9.17) is 15.2 Å². The van der Waals surface area contributed by atoms with Crippen molar-refractivity contribution in [2.75, 3.05) is 33.0 Å². The standard InChI is InChI=1S/C13H22N2O4S/c1-10(2)18-7-8-19-13-6-5-11(9-12(13)14)20(16,17)15(3)4/h5-6,9-10H,7-8,14H2,1-4H3. The van der Waals surface area contributed by atoms with E-state index >= 15 is 0 Å². The largest absolute Gasteiger partial charge is 0.489 e. The molecule has 1 rings (SSSR count). The molecule has 0 saturated heterocycles. The van der Waals surface area contributed by atoms with Crippen LogP contribution in [0.5, 0.6) is 5.75 Å². The first-order valence-corrected chi connectivity index (χ1v) is 7.75. The minimum Gasteiger partial charge on any atom is -0.489 e. The van der Waals surface area contributed by atoms with E-state index in [0.29, 0.717) is 19.0 Å². The van der Waals surface area contributed by atoms with Crippen LogP contribution in [0.4, 0.5) is 5.69 Å². The van der Waals surface area contributed by atoms with Crippen LogP contribution in [0.15, 0.2) is 23.1 Å². The molecule has 0 amide bonds. The number of ether oxygens (including phenoxy) is 2. The summed E-state index contributed by atoms with van der Waals surface area (Å²) in [5, 5.41) is 0. The van der Waals surface area contributed by atoms with Gasteiger partial charge in [-0.15, -0.1) is 0 Å². The van der Waals surface area contributed by atoms with Crippen LogP contribution in [0, 0.1) is 0 Å². The summed E-state index contributed by atoms with van der Waals surface area (Å²) in [5.41, 5.74) is 6.10. The van der Waals surface area contributed by atoms with E-state index in [1.54, 1.807) is 6.07 Å². The smallest absolute Gasteiger partial charge is 0.242 e. The zero-order chi connectivity index (χ0) is 15.3. The van der Waals surface area contributed by atoms with Crippen molar-refractivity contribution in [3.8, 4) is 5.75 Å². The summed E-state index contributed by atoms with van der Waals surface area (Å²) in [6.07, 6.45) is 0.142. The Morgan fingerprint density at radius 1 is 1.25 bits per heavy atom. The van der Waals surface area contributed by atoms with Crippen LogP contribution in [0.1, 0.15) is 13.8 Å². The van der Waals surface area contributed by atoms with Gasteiger partial charge in [0.15, 0.2) is 0 Å². The maximum Gasteiger partial charge on any atom is 0.242 e. The van der Waals surface area contributed by atoms with Crippen molar-refractivity contribution >= 4 is 15.7 Å². The summed E-state index contributed by atoms with van der Waals surface area (Å²) in [6, 6.07) is 4.43. The maximum absolute atomic E-state index is 11.9. The van der Waals surface area contributed by atoms with E-state index in [-0.39, 0.29) is 16.7 Å². The van der Waals surface area contributed by atoms with Gasteiger partial charge in [0, 0.05) is 14.1 Å². The minimum atomic E-state index is -3.48. The number of nitrogen functional groups attached to an aromatic ring is 1. The first-order valence-electron chi connectivity index (χ1n) is 6.31. The Balaban J connectivity index is 2.74. The highest BCUT2D eigenvalue weighted by atomic mass is 32.2. The van der Waals surface area contributed by atoms with Gasteiger partial charge in [-0.2, -0.15) is 0 Å². The Labute approximate surface area is 120 Å². The predicted molar refractivity (Wildman–Crippen MR) is 78.3 cm³/mol. The molecule has 0 radical (unpaired) electrons. The maximum atomic E-state index is 11.9. The first-order chi connectivity index (χ1) is 9.25. The SMILES string of the molecule is CC(C)OCCOc1ccc(S(=O)(=O)N(C)C)cc1N. The van der Waals surface area contributed by atoms with Crippen LogP contribution in [0.2, 0.25) is 0 Å². The number of hydrogen-bond acceptors (Lipinski definition) is 5. The van der Waals surface area contributed by atoms with Crippen LogP contribution >= 0.6 is 0 Å². The van der Waals surface area contributed by atoms with Crippen molar-refractivity contribution in [1.29, 1.82) is 0 Å². The van der Waals surface area contributed by atoms with Gasteiger partial charge in [-0.05, 0) is 32.0 Å². The topological polar surface area (TPSA) is 81.9 Å². The van der Waals surface area contributed by atoms with Crippen LogP contribution in [0.25, 0.3) is 0 Å². The molecule has 1 aromatic rings. The van der Waals surface area contributed by atoms with Gasteiger partial charge in [-0.3, -0.25) is 0 Å². The molecule has 0 spiro atoms. The lowest BCUT2D eigenvalue weighted by Gasteiger charge is -2.14. The average molecular weight is 302 g/mol. The molecule has 7 heteroatoms. The molecule has 6 nitrogen and oxygen atoms in total. The van der Waals surface area contributed by atoms with Gasteiger partial charge in [-0.1, -0.05) is 0 Å². The Morgan fingerprint density at radius 2 is 1.90 bits per heavy atom. The first kappa shape index (κ1) is 16.7. The molecule has 0 aliphatic carbocycles. The molecule has 0 fully saturated rings. The second-order valence-corrected chi connectivity index (χ2v) is 6.91. The van der Waals surface area contributed by atoms with Crippen molar-refractivity contribution in [2.24, 2.45) is 0 Å². The highest BCUT2D eigenvalue weighted by Crippen LogP contribution is 2.25. The monoisotopic (exact) mass is 302 g/mol. The Morgan fingerprint density at radius 3 is 2.40 bits per heavy atom. The van der Waals surface area contributed by atoms with Crippen molar-refractivity contribution in [3.05, 3.63) is 18.2 Å². The number of benzene rings is 1. The third-order valence-corrected chi connectivity index (χ3v) is 4.36. The number of rotatable bonds is 7. The molecule has 0 saturated carbocycles. The Bertz CT molecular complexity index is 541. The fourth-order valence-corrected chi connectivity index (χ4v) is 2.40. The predicted octanol–water partition coefficient (Wildman–Crippen LogP) is 1.32. The molecule has 2 N–H and O–H groups in total. The number of anilines is 1. The molecule has 114 valence electrons. The zero-order valence-electron chi connectivity index (χ0n) is 12.3. The number of sulfonamides is 1. The molecule has 0 bridgehead atoms. The van der Waals surface area contributed by atoms with E-state index in [1.807, 2.05) is 13.8 Å². The minimum absolute atomic E-state index is 0.142. The van der Waals surface area contributed by atoms with Gasteiger partial charge < -0.3 is 15.2 Å². The Kier molecular flexibility index (Phi) is 5.79. The average Bonchev–Trinajstić information content (AvgIpc) is 2.35. The second kappa shape index (κ2) is 6.92. The summed E-state index contributed by atoms with van der Waals surface area (Å²) >= 11 is 0. The fraction of sp³-hybridized carbons (Fsp3) is 0.538. The van der Waals surface area contributed by atoms with Crippen LogP contribution in [-0.4, -0.2) is 46.1 Å². The van der Waals surface area contributed by atoms with Crippen LogP contribution in [-0.2, 0) is 14.8 Å². The number of hydrogen-bond donors (Lipinski definition) is 1. The summed E-state index contributed by atoms with van der Waals surface area (Å²) < 4.78 is 35.8. The molecular weight excluding hydrogens is 280 g/mol. The van der Waals surface area contributed by atoms with Gasteiger partial charge in [0.1, 0.15) is 12.4 Å². The highest BCUT2D eigenvalue weighted by molar-refractivity contribution is 7.89. The van der Waals surface area contributed by atoms with Gasteiger partial charge >= 0.3 is 0 Å². The van der Waals surface area contributed by atoms with E-state index in [2.05, 4.69) is 0 Å². The second-order valence-electron chi connectivity index (χ2n) is 4.76. The van der Waals surface area contributed by atoms with E-state index in [1.165, 1.54) is 26.2 Å². The molecule has 0 unspecified atom stereocenters. The third kappa shape index (κ3) is 4.36. The van der Waals surface area contributed by atoms with Crippen molar-refractivity contribution in [1.82, 2.24) is 4.31 Å². The molecule has 0 heterocycles. The Hall–Kier alpha value is -1.31. The van der Waals surface area contributed by atoms with Crippen molar-refractivity contribution in [2.45, 2.75) is 24.8 Å².